The van der Waals surface area contributed by atoms with E-state index in [2.05, 4.69) is 60.0 Å². The highest BCUT2D eigenvalue weighted by atomic mass is 32.1. The molecule has 1 aromatic heterocycles. The average molecular weight is 624 g/mol. The van der Waals surface area contributed by atoms with Crippen LogP contribution < -0.4 is 10.6 Å². The summed E-state index contributed by atoms with van der Waals surface area (Å²) in [5.74, 6) is 0.247. The number of hydrogen-bond donors (Lipinski definition) is 2. The fourth-order valence-electron chi connectivity index (χ4n) is 6.47. The molecule has 9 heteroatoms. The van der Waals surface area contributed by atoms with Crippen molar-refractivity contribution in [2.75, 3.05) is 46.8 Å². The molecule has 44 heavy (non-hydrogen) atoms. The Kier molecular flexibility index (Phi) is 12.9. The quantitative estimate of drug-likeness (QED) is 0.261. The number of benzene rings is 1. The highest BCUT2D eigenvalue weighted by Gasteiger charge is 2.28. The van der Waals surface area contributed by atoms with Crippen molar-refractivity contribution in [2.24, 2.45) is 11.8 Å². The zero-order valence-corrected chi connectivity index (χ0v) is 28.1. The molecule has 0 radical (unpaired) electrons. The van der Waals surface area contributed by atoms with Crippen molar-refractivity contribution < 1.29 is 14.4 Å². The molecule has 1 saturated carbocycles. The highest BCUT2D eigenvalue weighted by molar-refractivity contribution is 7.18. The minimum absolute atomic E-state index is 0.0870. The minimum atomic E-state index is -0.531. The lowest BCUT2D eigenvalue weighted by molar-refractivity contribution is -0.130. The molecule has 2 heterocycles. The molecule has 1 aliphatic carbocycles. The van der Waals surface area contributed by atoms with Crippen LogP contribution in [0.3, 0.4) is 0 Å². The van der Waals surface area contributed by atoms with Crippen LogP contribution in [0.25, 0.3) is 10.2 Å². The van der Waals surface area contributed by atoms with Crippen LogP contribution in [0.15, 0.2) is 30.4 Å². The lowest BCUT2D eigenvalue weighted by Crippen LogP contribution is -2.45. The summed E-state index contributed by atoms with van der Waals surface area (Å²) in [5, 5.41) is 6.87. The second kappa shape index (κ2) is 16.6. The second-order valence-corrected chi connectivity index (χ2v) is 14.5. The fraction of sp³-hybridized carbons (Fsp3) is 0.657. The number of rotatable bonds is 15. The summed E-state index contributed by atoms with van der Waals surface area (Å²) in [6.45, 7) is 13.0. The summed E-state index contributed by atoms with van der Waals surface area (Å²) in [7, 11) is 3.73. The Morgan fingerprint density at radius 2 is 1.82 bits per heavy atom. The van der Waals surface area contributed by atoms with E-state index in [1.165, 1.54) is 37.7 Å². The van der Waals surface area contributed by atoms with E-state index in [0.717, 1.165) is 47.8 Å². The molecule has 0 bridgehead atoms. The largest absolute Gasteiger partial charge is 0.359 e. The normalized spacial score (nSPS) is 18.3. The third-order valence-electron chi connectivity index (χ3n) is 9.44. The van der Waals surface area contributed by atoms with E-state index in [0.29, 0.717) is 43.2 Å². The van der Waals surface area contributed by atoms with Crippen molar-refractivity contribution in [1.82, 2.24) is 25.4 Å². The molecule has 2 aliphatic rings. The summed E-state index contributed by atoms with van der Waals surface area (Å²) in [4.78, 5) is 49.0. The van der Waals surface area contributed by atoms with Gasteiger partial charge in [-0.25, -0.2) is 4.98 Å². The average Bonchev–Trinajstić information content (AvgIpc) is 3.42. The maximum Gasteiger partial charge on any atom is 0.224 e. The third-order valence-corrected chi connectivity index (χ3v) is 10.5. The molecular weight excluding hydrogens is 570 g/mol. The maximum atomic E-state index is 13.9. The zero-order chi connectivity index (χ0) is 31.6. The predicted molar refractivity (Wildman–Crippen MR) is 180 cm³/mol. The zero-order valence-electron chi connectivity index (χ0n) is 27.3. The van der Waals surface area contributed by atoms with E-state index in [1.807, 2.05) is 6.07 Å². The van der Waals surface area contributed by atoms with Crippen LogP contribution in [0.1, 0.15) is 88.1 Å². The van der Waals surface area contributed by atoms with E-state index >= 15 is 0 Å². The topological polar surface area (TPSA) is 94.6 Å². The summed E-state index contributed by atoms with van der Waals surface area (Å²) in [6.07, 6.45) is 8.41. The van der Waals surface area contributed by atoms with Crippen molar-refractivity contribution >= 4 is 39.2 Å². The molecule has 4 rings (SSSR count). The molecule has 2 amide bonds. The van der Waals surface area contributed by atoms with Gasteiger partial charge in [-0.2, -0.15) is 0 Å². The van der Waals surface area contributed by atoms with Crippen LogP contribution >= 0.6 is 11.3 Å². The minimum Gasteiger partial charge on any atom is -0.359 e. The Morgan fingerprint density at radius 1 is 1.09 bits per heavy atom. The number of hydrogen-bond acceptors (Lipinski definition) is 7. The van der Waals surface area contributed by atoms with Crippen molar-refractivity contribution in [3.8, 4) is 0 Å². The molecule has 2 N–H and O–H groups in total. The van der Waals surface area contributed by atoms with E-state index < -0.39 is 5.92 Å². The molecule has 2 fully saturated rings. The maximum absolute atomic E-state index is 13.9. The van der Waals surface area contributed by atoms with Gasteiger partial charge in [0, 0.05) is 70.6 Å². The molecule has 1 aliphatic heterocycles. The van der Waals surface area contributed by atoms with Crippen LogP contribution in [0.2, 0.25) is 0 Å². The lowest BCUT2D eigenvalue weighted by atomic mass is 9.83. The Bertz CT molecular complexity index is 1280. The molecule has 8 nitrogen and oxygen atoms in total. The predicted octanol–water partition coefficient (Wildman–Crippen LogP) is 5.32. The Labute approximate surface area is 268 Å². The number of fused-ring (bicyclic) bond motifs is 1. The molecule has 0 spiro atoms. The fourth-order valence-corrected chi connectivity index (χ4v) is 7.56. The number of nitrogens with zero attached hydrogens (tertiary/aromatic N) is 3. The number of thiazole rings is 1. The standard InChI is InChI=1S/C35H53N5O3S/c1-24(2)27-11-13-30-32(20-27)44-34(38-30)22-28(21-33(42)36-4)35(43)37-29(19-26-9-7-6-8-10-26)12-14-31(41)25(3)23-40-17-15-39(5)16-18-40/h11,13,20,24,26,28-29H,3,6-10,12,14-19,21-23H2,1-2,4-5H3,(H,36,42)(H,37,43)/t28-,29+/m0/s1. The number of likely N-dealkylation sites (N-methyl/N-ethyl adjacent to an activating group) is 1. The first-order valence-electron chi connectivity index (χ1n) is 16.6. The molecule has 2 aromatic rings. The molecular formula is C35H53N5O3S. The second-order valence-electron chi connectivity index (χ2n) is 13.4. The van der Waals surface area contributed by atoms with Gasteiger partial charge in [0.2, 0.25) is 11.8 Å². The SMILES string of the molecule is C=C(CN1CCN(C)CC1)C(=O)CC[C@H](CC1CCCCC1)NC(=O)[C@@H](CC(=O)NC)Cc1nc2ccc(C(C)C)cc2s1. The molecule has 1 aromatic carbocycles. The number of amides is 2. The van der Waals surface area contributed by atoms with Gasteiger partial charge in [0.05, 0.1) is 21.1 Å². The number of Topliss-reactive ketones (excluding diaryl/α,β-unsaturated/α-hetero) is 1. The highest BCUT2D eigenvalue weighted by Crippen LogP contribution is 2.30. The summed E-state index contributed by atoms with van der Waals surface area (Å²) in [5.41, 5.74) is 2.85. The van der Waals surface area contributed by atoms with Crippen molar-refractivity contribution in [2.45, 2.75) is 90.0 Å². The first kappa shape index (κ1) is 34.3. The number of ketones is 1. The Hall–Kier alpha value is -2.62. The number of nitrogens with one attached hydrogen (secondary N) is 2. The van der Waals surface area contributed by atoms with Gasteiger partial charge >= 0.3 is 0 Å². The first-order chi connectivity index (χ1) is 21.1. The smallest absolute Gasteiger partial charge is 0.224 e. The number of aromatic nitrogens is 1. The summed E-state index contributed by atoms with van der Waals surface area (Å²) in [6, 6.07) is 6.24. The molecule has 0 unspecified atom stereocenters. The van der Waals surface area contributed by atoms with Gasteiger partial charge in [-0.3, -0.25) is 19.3 Å². The Balaban J connectivity index is 1.42. The number of piperazine rings is 1. The number of carbonyl (C=O) groups excluding carboxylic acids is 3. The van der Waals surface area contributed by atoms with E-state index in [4.69, 9.17) is 4.98 Å². The van der Waals surface area contributed by atoms with Crippen LogP contribution in [-0.2, 0) is 20.8 Å². The van der Waals surface area contributed by atoms with Gasteiger partial charge in [0.1, 0.15) is 0 Å². The van der Waals surface area contributed by atoms with Crippen molar-refractivity contribution in [1.29, 1.82) is 0 Å². The van der Waals surface area contributed by atoms with Crippen molar-refractivity contribution in [3.63, 3.8) is 0 Å². The lowest BCUT2D eigenvalue weighted by Gasteiger charge is -2.32. The summed E-state index contributed by atoms with van der Waals surface area (Å²) < 4.78 is 1.11. The molecule has 1 saturated heterocycles. The van der Waals surface area contributed by atoms with Gasteiger partial charge in [0.25, 0.3) is 0 Å². The Morgan fingerprint density at radius 3 is 2.50 bits per heavy atom. The van der Waals surface area contributed by atoms with Crippen LogP contribution in [-0.4, -0.2) is 85.2 Å². The summed E-state index contributed by atoms with van der Waals surface area (Å²) >= 11 is 1.60. The van der Waals surface area contributed by atoms with Gasteiger partial charge < -0.3 is 15.5 Å². The third kappa shape index (κ3) is 10.2. The van der Waals surface area contributed by atoms with Crippen LogP contribution in [0.5, 0.6) is 0 Å². The van der Waals surface area contributed by atoms with Crippen LogP contribution in [0.4, 0.5) is 0 Å². The molecule has 242 valence electrons. The monoisotopic (exact) mass is 623 g/mol. The van der Waals surface area contributed by atoms with Gasteiger partial charge in [-0.15, -0.1) is 11.3 Å². The van der Waals surface area contributed by atoms with E-state index in [-0.39, 0.29) is 30.1 Å². The number of carbonyl (C=O) groups is 3. The van der Waals surface area contributed by atoms with E-state index in [9.17, 15) is 14.4 Å². The van der Waals surface area contributed by atoms with Crippen molar-refractivity contribution in [3.05, 3.63) is 40.9 Å². The molecule has 2 atom stereocenters. The van der Waals surface area contributed by atoms with E-state index in [1.54, 1.807) is 18.4 Å². The first-order valence-corrected chi connectivity index (χ1v) is 17.4. The van der Waals surface area contributed by atoms with Gasteiger partial charge in [0.15, 0.2) is 5.78 Å². The van der Waals surface area contributed by atoms with Crippen LogP contribution in [0, 0.1) is 11.8 Å². The van der Waals surface area contributed by atoms with Gasteiger partial charge in [-0.05, 0) is 49.4 Å². The van der Waals surface area contributed by atoms with Gasteiger partial charge in [-0.1, -0.05) is 58.6 Å².